The van der Waals surface area contributed by atoms with Gasteiger partial charge in [0, 0.05) is 6.42 Å². The molecular weight excluding hydrogens is 304 g/mol. The molecule has 0 aliphatic heterocycles. The topological polar surface area (TPSA) is 109 Å². The van der Waals surface area contributed by atoms with Gasteiger partial charge in [0.1, 0.15) is 11.0 Å². The molecule has 0 unspecified atom stereocenters. The summed E-state index contributed by atoms with van der Waals surface area (Å²) in [5.74, 6) is 0.671. The van der Waals surface area contributed by atoms with Crippen molar-refractivity contribution in [2.45, 2.75) is 32.1 Å². The molecule has 0 saturated heterocycles. The number of nitriles is 1. The molecule has 7 nitrogen and oxygen atoms in total. The number of sulfonamides is 1. The molecule has 8 heteroatoms. The van der Waals surface area contributed by atoms with Crippen LogP contribution in [-0.2, 0) is 16.4 Å². The third kappa shape index (κ3) is 3.43. The van der Waals surface area contributed by atoms with Crippen molar-refractivity contribution in [1.82, 2.24) is 10.2 Å². The third-order valence-electron chi connectivity index (χ3n) is 2.91. The summed E-state index contributed by atoms with van der Waals surface area (Å²) in [7, 11) is -3.96. The maximum absolute atomic E-state index is 12.4. The zero-order valence-electron chi connectivity index (χ0n) is 12.5. The molecule has 1 heterocycles. The zero-order chi connectivity index (χ0) is 16.3. The highest BCUT2D eigenvalue weighted by Crippen LogP contribution is 2.21. The summed E-state index contributed by atoms with van der Waals surface area (Å²) < 4.78 is 32.2. The van der Waals surface area contributed by atoms with Crippen molar-refractivity contribution in [2.75, 3.05) is 4.72 Å². The van der Waals surface area contributed by atoms with Crippen molar-refractivity contribution >= 4 is 16.0 Å². The van der Waals surface area contributed by atoms with Crippen molar-refractivity contribution in [3.63, 3.8) is 0 Å². The minimum atomic E-state index is -3.96. The largest absolute Gasteiger partial charge is 0.407 e. The van der Waals surface area contributed by atoms with Crippen LogP contribution in [0, 0.1) is 24.2 Å². The Hall–Kier alpha value is -2.40. The van der Waals surface area contributed by atoms with E-state index in [2.05, 4.69) is 14.9 Å². The summed E-state index contributed by atoms with van der Waals surface area (Å²) in [6.45, 7) is 5.64. The number of aryl methyl sites for hydroxylation is 1. The number of anilines is 1. The number of aromatic nitrogens is 2. The fraction of sp³-hybridized carbons (Fsp3) is 0.357. The smallest absolute Gasteiger partial charge is 0.329 e. The molecule has 0 atom stereocenters. The van der Waals surface area contributed by atoms with E-state index in [0.29, 0.717) is 23.8 Å². The zero-order valence-corrected chi connectivity index (χ0v) is 13.3. The summed E-state index contributed by atoms with van der Waals surface area (Å²) in [5.41, 5.74) is 0.674. The average Bonchev–Trinajstić information content (AvgIpc) is 2.84. The normalized spacial score (nSPS) is 11.4. The van der Waals surface area contributed by atoms with Crippen LogP contribution in [0.1, 0.15) is 30.9 Å². The monoisotopic (exact) mass is 320 g/mol. The van der Waals surface area contributed by atoms with E-state index in [1.54, 1.807) is 19.1 Å². The van der Waals surface area contributed by atoms with Crippen LogP contribution in [0.4, 0.5) is 6.01 Å². The average molecular weight is 320 g/mol. The molecule has 1 aromatic carbocycles. The van der Waals surface area contributed by atoms with Crippen LogP contribution in [-0.4, -0.2) is 18.6 Å². The van der Waals surface area contributed by atoms with E-state index < -0.39 is 10.0 Å². The van der Waals surface area contributed by atoms with Gasteiger partial charge in [-0.3, -0.25) is 0 Å². The van der Waals surface area contributed by atoms with Crippen LogP contribution >= 0.6 is 0 Å². The third-order valence-corrected chi connectivity index (χ3v) is 4.27. The summed E-state index contributed by atoms with van der Waals surface area (Å²) in [6.07, 6.45) is 0.558. The first kappa shape index (κ1) is 16.0. The van der Waals surface area contributed by atoms with Crippen molar-refractivity contribution in [3.8, 4) is 6.07 Å². The summed E-state index contributed by atoms with van der Waals surface area (Å²) in [6, 6.07) is 6.30. The number of rotatable bonds is 5. The van der Waals surface area contributed by atoms with Gasteiger partial charge in [-0.25, -0.2) is 13.1 Å². The summed E-state index contributed by atoms with van der Waals surface area (Å²) >= 11 is 0. The standard InChI is InChI=1S/C14H16N4O3S/c1-9(2)7-13-16-17-14(21-13)18-22(19,20)12-6-4-5-10(3)11(12)8-15/h4-6,9H,7H2,1-3H3,(H,17,18). The van der Waals surface area contributed by atoms with Gasteiger partial charge in [-0.05, 0) is 24.5 Å². The van der Waals surface area contributed by atoms with Crippen LogP contribution in [0.5, 0.6) is 0 Å². The van der Waals surface area contributed by atoms with Crippen LogP contribution in [0.25, 0.3) is 0 Å². The van der Waals surface area contributed by atoms with E-state index in [-0.39, 0.29) is 16.5 Å². The fourth-order valence-electron chi connectivity index (χ4n) is 1.90. The number of hydrogen-bond acceptors (Lipinski definition) is 6. The molecule has 0 radical (unpaired) electrons. The molecule has 0 bridgehead atoms. The van der Waals surface area contributed by atoms with Gasteiger partial charge in [-0.15, -0.1) is 5.10 Å². The first-order valence-electron chi connectivity index (χ1n) is 6.68. The molecule has 0 spiro atoms. The molecule has 2 aromatic rings. The van der Waals surface area contributed by atoms with E-state index in [1.165, 1.54) is 6.07 Å². The lowest BCUT2D eigenvalue weighted by Crippen LogP contribution is -2.15. The summed E-state index contributed by atoms with van der Waals surface area (Å²) in [4.78, 5) is -0.112. The van der Waals surface area contributed by atoms with Crippen molar-refractivity contribution in [1.29, 1.82) is 5.26 Å². The van der Waals surface area contributed by atoms with Gasteiger partial charge >= 0.3 is 6.01 Å². The van der Waals surface area contributed by atoms with Crippen LogP contribution in [0.2, 0.25) is 0 Å². The number of nitrogens with zero attached hydrogens (tertiary/aromatic N) is 3. The van der Waals surface area contributed by atoms with Crippen LogP contribution in [0.15, 0.2) is 27.5 Å². The van der Waals surface area contributed by atoms with Gasteiger partial charge in [0.05, 0.1) is 5.56 Å². The molecule has 0 aliphatic carbocycles. The van der Waals surface area contributed by atoms with Gasteiger partial charge in [0.15, 0.2) is 0 Å². The van der Waals surface area contributed by atoms with Crippen molar-refractivity contribution < 1.29 is 12.8 Å². The summed E-state index contributed by atoms with van der Waals surface area (Å²) in [5, 5.41) is 16.6. The predicted molar refractivity (Wildman–Crippen MR) is 79.5 cm³/mol. The highest BCUT2D eigenvalue weighted by molar-refractivity contribution is 7.92. The van der Waals surface area contributed by atoms with Crippen molar-refractivity contribution in [3.05, 3.63) is 35.2 Å². The van der Waals surface area contributed by atoms with E-state index in [9.17, 15) is 8.42 Å². The van der Waals surface area contributed by atoms with Gasteiger partial charge in [0.25, 0.3) is 10.0 Å². The quantitative estimate of drug-likeness (QED) is 0.905. The highest BCUT2D eigenvalue weighted by Gasteiger charge is 2.22. The van der Waals surface area contributed by atoms with Crippen LogP contribution in [0.3, 0.4) is 0 Å². The van der Waals surface area contributed by atoms with Gasteiger partial charge in [-0.1, -0.05) is 31.1 Å². The molecule has 1 aromatic heterocycles. The first-order valence-corrected chi connectivity index (χ1v) is 8.16. The molecule has 116 valence electrons. The second-order valence-corrected chi connectivity index (χ2v) is 6.92. The minimum Gasteiger partial charge on any atom is -0.407 e. The Labute approximate surface area is 129 Å². The lowest BCUT2D eigenvalue weighted by Gasteiger charge is -2.07. The van der Waals surface area contributed by atoms with Gasteiger partial charge in [-0.2, -0.15) is 5.26 Å². The minimum absolute atomic E-state index is 0.0944. The number of benzene rings is 1. The van der Waals surface area contributed by atoms with Gasteiger partial charge < -0.3 is 4.42 Å². The van der Waals surface area contributed by atoms with E-state index in [1.807, 2.05) is 19.9 Å². The Morgan fingerprint density at radius 1 is 1.36 bits per heavy atom. The Bertz CT molecular complexity index is 819. The molecule has 2 rings (SSSR count). The maximum Gasteiger partial charge on any atom is 0.329 e. The number of hydrogen-bond donors (Lipinski definition) is 1. The van der Waals surface area contributed by atoms with Gasteiger partial charge in [0.2, 0.25) is 5.89 Å². The predicted octanol–water partition coefficient (Wildman–Crippen LogP) is 2.25. The van der Waals surface area contributed by atoms with E-state index in [4.69, 9.17) is 9.68 Å². The first-order chi connectivity index (χ1) is 10.3. The molecule has 0 fully saturated rings. The molecule has 22 heavy (non-hydrogen) atoms. The lowest BCUT2D eigenvalue weighted by molar-refractivity contribution is 0.468. The molecular formula is C14H16N4O3S. The lowest BCUT2D eigenvalue weighted by atomic mass is 10.1. The Morgan fingerprint density at radius 2 is 2.09 bits per heavy atom. The van der Waals surface area contributed by atoms with Crippen molar-refractivity contribution in [2.24, 2.45) is 5.92 Å². The number of nitrogens with one attached hydrogen (secondary N) is 1. The molecule has 0 amide bonds. The SMILES string of the molecule is Cc1cccc(S(=O)(=O)Nc2nnc(CC(C)C)o2)c1C#N. The van der Waals surface area contributed by atoms with E-state index >= 15 is 0 Å². The highest BCUT2D eigenvalue weighted by atomic mass is 32.2. The Kier molecular flexibility index (Phi) is 4.47. The van der Waals surface area contributed by atoms with E-state index in [0.717, 1.165) is 0 Å². The molecule has 1 N–H and O–H groups in total. The molecule has 0 saturated carbocycles. The Balaban J connectivity index is 2.31. The Morgan fingerprint density at radius 3 is 2.73 bits per heavy atom. The van der Waals surface area contributed by atoms with Crippen LogP contribution < -0.4 is 4.72 Å². The maximum atomic E-state index is 12.4. The fourth-order valence-corrected chi connectivity index (χ4v) is 3.06. The molecule has 0 aliphatic rings. The second kappa shape index (κ2) is 6.15. The second-order valence-electron chi connectivity index (χ2n) is 5.26.